The predicted molar refractivity (Wildman–Crippen MR) is 64.3 cm³/mol. The van der Waals surface area contributed by atoms with Crippen LogP contribution in [-0.4, -0.2) is 36.7 Å². The molecule has 0 aromatic carbocycles. The summed E-state index contributed by atoms with van der Waals surface area (Å²) in [4.78, 5) is 0. The Kier molecular flexibility index (Phi) is 2.82. The van der Waals surface area contributed by atoms with Gasteiger partial charge in [0.05, 0.1) is 12.4 Å². The summed E-state index contributed by atoms with van der Waals surface area (Å²) in [6.07, 6.45) is 5.44. The van der Waals surface area contributed by atoms with Crippen molar-refractivity contribution >= 4 is 10.1 Å². The molecule has 4 aliphatic rings. The number of ether oxygens (including phenoxy) is 1. The monoisotopic (exact) mass is 274 g/mol. The summed E-state index contributed by atoms with van der Waals surface area (Å²) in [7, 11) is -4.02. The maximum Gasteiger partial charge on any atom is 0.267 e. The van der Waals surface area contributed by atoms with Crippen LogP contribution in [-0.2, 0) is 14.9 Å². The highest BCUT2D eigenvalue weighted by molar-refractivity contribution is 7.85. The van der Waals surface area contributed by atoms with Gasteiger partial charge in [0.25, 0.3) is 10.1 Å². The minimum absolute atomic E-state index is 0.158. The van der Waals surface area contributed by atoms with Crippen molar-refractivity contribution in [1.29, 1.82) is 0 Å². The van der Waals surface area contributed by atoms with E-state index in [0.29, 0.717) is 11.8 Å². The molecule has 0 amide bonds. The first kappa shape index (κ1) is 12.6. The molecule has 0 aliphatic heterocycles. The summed E-state index contributed by atoms with van der Waals surface area (Å²) in [6, 6.07) is 0. The van der Waals surface area contributed by atoms with Gasteiger partial charge in [0.1, 0.15) is 0 Å². The Morgan fingerprint density at radius 1 is 1.56 bits per heavy atom. The zero-order valence-electron chi connectivity index (χ0n) is 10.1. The Hall–Kier alpha value is -0.430. The first-order valence-corrected chi connectivity index (χ1v) is 7.94. The van der Waals surface area contributed by atoms with Crippen molar-refractivity contribution in [2.24, 2.45) is 17.3 Å². The molecule has 0 aromatic heterocycles. The third kappa shape index (κ3) is 2.01. The Balaban J connectivity index is 1.62. The lowest BCUT2D eigenvalue weighted by Gasteiger charge is -2.36. The van der Waals surface area contributed by atoms with E-state index in [1.54, 1.807) is 0 Å². The van der Waals surface area contributed by atoms with E-state index in [2.05, 4.69) is 6.08 Å². The van der Waals surface area contributed by atoms with Crippen molar-refractivity contribution in [1.82, 2.24) is 0 Å². The molecule has 2 saturated carbocycles. The van der Waals surface area contributed by atoms with Crippen molar-refractivity contribution in [3.05, 3.63) is 11.6 Å². The van der Waals surface area contributed by atoms with Crippen LogP contribution in [0.25, 0.3) is 0 Å². The maximum absolute atomic E-state index is 10.6. The maximum atomic E-state index is 10.6. The van der Waals surface area contributed by atoms with E-state index in [-0.39, 0.29) is 12.0 Å². The van der Waals surface area contributed by atoms with E-state index < -0.39 is 22.2 Å². The number of hydrogen-bond donors (Lipinski definition) is 2. The van der Waals surface area contributed by atoms with Crippen molar-refractivity contribution in [2.75, 3.05) is 12.4 Å². The summed E-state index contributed by atoms with van der Waals surface area (Å²) in [5, 5.41) is 10.2. The first-order valence-electron chi connectivity index (χ1n) is 6.33. The molecule has 0 aromatic rings. The van der Waals surface area contributed by atoms with Crippen LogP contribution in [0.4, 0.5) is 0 Å². The fraction of sp³-hybridized carbons (Fsp3) is 0.833. The fourth-order valence-electron chi connectivity index (χ4n) is 4.04. The highest BCUT2D eigenvalue weighted by Gasteiger charge is 2.57. The second-order valence-electron chi connectivity index (χ2n) is 5.86. The van der Waals surface area contributed by atoms with Crippen molar-refractivity contribution in [3.8, 4) is 0 Å². The fourth-order valence-corrected chi connectivity index (χ4v) is 4.35. The number of allylic oxidation sites excluding steroid dienone is 2. The molecule has 102 valence electrons. The number of hydrogen-bond acceptors (Lipinski definition) is 4. The minimum atomic E-state index is -4.02. The number of aliphatic hydroxyl groups excluding tert-OH is 1. The second-order valence-corrected chi connectivity index (χ2v) is 7.43. The molecule has 4 rings (SSSR count). The second kappa shape index (κ2) is 4.03. The van der Waals surface area contributed by atoms with Crippen LogP contribution in [0.3, 0.4) is 0 Å². The van der Waals surface area contributed by atoms with Crippen molar-refractivity contribution < 1.29 is 22.8 Å². The van der Waals surface area contributed by atoms with Gasteiger partial charge >= 0.3 is 0 Å². The normalized spacial score (nSPS) is 39.1. The Bertz CT molecular complexity index is 483. The molecule has 0 spiro atoms. The molecule has 5 nitrogen and oxygen atoms in total. The lowest BCUT2D eigenvalue weighted by atomic mass is 9.75. The molecule has 2 N–H and O–H groups in total. The molecule has 0 heterocycles. The molecule has 6 heteroatoms. The molecule has 0 radical (unpaired) electrons. The zero-order chi connectivity index (χ0) is 13.0. The van der Waals surface area contributed by atoms with E-state index in [0.717, 1.165) is 25.7 Å². The van der Waals surface area contributed by atoms with Crippen LogP contribution in [0, 0.1) is 17.3 Å². The molecule has 2 fully saturated rings. The average Bonchev–Trinajstić information content (AvgIpc) is 2.63. The lowest BCUT2D eigenvalue weighted by Crippen LogP contribution is -2.39. The molecular weight excluding hydrogens is 256 g/mol. The van der Waals surface area contributed by atoms with E-state index in [1.807, 2.05) is 0 Å². The highest BCUT2D eigenvalue weighted by atomic mass is 32.2. The molecule has 4 unspecified atom stereocenters. The van der Waals surface area contributed by atoms with E-state index in [1.165, 1.54) is 5.57 Å². The van der Waals surface area contributed by atoms with Gasteiger partial charge in [-0.1, -0.05) is 11.6 Å². The van der Waals surface area contributed by atoms with Crippen molar-refractivity contribution in [3.63, 3.8) is 0 Å². The molecular formula is C12H18O5S. The Labute approximate surface area is 107 Å². The molecule has 4 aliphatic carbocycles. The van der Waals surface area contributed by atoms with Gasteiger partial charge in [-0.3, -0.25) is 4.55 Å². The lowest BCUT2D eigenvalue weighted by molar-refractivity contribution is -0.179. The molecule has 4 bridgehead atoms. The topological polar surface area (TPSA) is 83.8 Å². The molecule has 18 heavy (non-hydrogen) atoms. The minimum Gasteiger partial charge on any atom is -0.367 e. The van der Waals surface area contributed by atoms with E-state index >= 15 is 0 Å². The SMILES string of the molecule is O=S(=O)(O)CCOC(O)C12CC3=CC1CC(C3)C2. The van der Waals surface area contributed by atoms with Crippen LogP contribution >= 0.6 is 0 Å². The number of rotatable bonds is 5. The average molecular weight is 274 g/mol. The summed E-state index contributed by atoms with van der Waals surface area (Å²) in [5.41, 5.74) is 1.19. The highest BCUT2D eigenvalue weighted by Crippen LogP contribution is 2.63. The molecule has 0 saturated heterocycles. The summed E-state index contributed by atoms with van der Waals surface area (Å²) >= 11 is 0. The standard InChI is InChI=1S/C12H18O5S/c13-11(17-1-2-18(14,15)16)12-6-8-3-9(7-12)5-10(12)4-8/h4,9-11,13H,1-3,5-7H2,(H,14,15,16). The Morgan fingerprint density at radius 3 is 3.00 bits per heavy atom. The molecule has 4 atom stereocenters. The van der Waals surface area contributed by atoms with Crippen LogP contribution in [0.5, 0.6) is 0 Å². The summed E-state index contributed by atoms with van der Waals surface area (Å²) < 4.78 is 35.1. The third-order valence-electron chi connectivity index (χ3n) is 4.65. The van der Waals surface area contributed by atoms with Crippen LogP contribution < -0.4 is 0 Å². The summed E-state index contributed by atoms with van der Waals surface area (Å²) in [5.74, 6) is 0.574. The summed E-state index contributed by atoms with van der Waals surface area (Å²) in [6.45, 7) is -0.158. The van der Waals surface area contributed by atoms with Gasteiger partial charge in [-0.05, 0) is 37.5 Å². The van der Waals surface area contributed by atoms with Gasteiger partial charge in [0, 0.05) is 5.41 Å². The van der Waals surface area contributed by atoms with Gasteiger partial charge < -0.3 is 9.84 Å². The van der Waals surface area contributed by atoms with Crippen molar-refractivity contribution in [2.45, 2.75) is 32.0 Å². The van der Waals surface area contributed by atoms with Gasteiger partial charge in [0.15, 0.2) is 6.29 Å². The van der Waals surface area contributed by atoms with Crippen LogP contribution in [0.2, 0.25) is 0 Å². The van der Waals surface area contributed by atoms with Crippen LogP contribution in [0.1, 0.15) is 25.7 Å². The smallest absolute Gasteiger partial charge is 0.267 e. The quantitative estimate of drug-likeness (QED) is 0.443. The van der Waals surface area contributed by atoms with Gasteiger partial charge in [-0.25, -0.2) is 0 Å². The van der Waals surface area contributed by atoms with Gasteiger partial charge in [-0.2, -0.15) is 8.42 Å². The van der Waals surface area contributed by atoms with Gasteiger partial charge in [-0.15, -0.1) is 0 Å². The van der Waals surface area contributed by atoms with E-state index in [9.17, 15) is 13.5 Å². The predicted octanol–water partition coefficient (Wildman–Crippen LogP) is 0.956. The first-order chi connectivity index (χ1) is 8.39. The van der Waals surface area contributed by atoms with Crippen LogP contribution in [0.15, 0.2) is 11.6 Å². The van der Waals surface area contributed by atoms with E-state index in [4.69, 9.17) is 9.29 Å². The number of aliphatic hydroxyl groups is 1. The largest absolute Gasteiger partial charge is 0.367 e. The third-order valence-corrected chi connectivity index (χ3v) is 5.33. The zero-order valence-corrected chi connectivity index (χ0v) is 10.9. The Morgan fingerprint density at radius 2 is 2.33 bits per heavy atom. The van der Waals surface area contributed by atoms with Gasteiger partial charge in [0.2, 0.25) is 0 Å².